The van der Waals surface area contributed by atoms with Gasteiger partial charge in [0, 0.05) is 0 Å². The Balaban J connectivity index is 4.16. The number of hydrogen-bond donors (Lipinski definition) is 0. The molecule has 152 valence electrons. The molecular formula is C9H20O12S4. The van der Waals surface area contributed by atoms with Gasteiger partial charge in [0.2, 0.25) is 0 Å². The van der Waals surface area contributed by atoms with E-state index in [0.717, 1.165) is 0 Å². The van der Waals surface area contributed by atoms with E-state index in [9.17, 15) is 33.7 Å². The van der Waals surface area contributed by atoms with Gasteiger partial charge in [0.05, 0.1) is 25.2 Å². The Kier molecular flexibility index (Phi) is 9.95. The zero-order chi connectivity index (χ0) is 19.8. The molecule has 0 bridgehead atoms. The zero-order valence-electron chi connectivity index (χ0n) is 13.5. The normalized spacial score (nSPS) is 13.8. The van der Waals surface area contributed by atoms with E-state index in [1.165, 1.54) is 0 Å². The van der Waals surface area contributed by atoms with E-state index in [2.05, 4.69) is 15.6 Å². The lowest BCUT2D eigenvalue weighted by Gasteiger charge is -2.06. The van der Waals surface area contributed by atoms with Crippen LogP contribution in [0.5, 0.6) is 0 Å². The van der Waals surface area contributed by atoms with Gasteiger partial charge in [0.15, 0.2) is 0 Å². The van der Waals surface area contributed by atoms with Crippen molar-refractivity contribution in [2.24, 2.45) is 0 Å². The highest BCUT2D eigenvalue weighted by molar-refractivity contribution is 7.99. The standard InChI is InChI=1S/C9H20O12S4/c1-3-7-18-24(14,15)21-25(16,17)19-8-5-4-6-9-23(12,13)20-22(2,10)11/h3-9H2,1-2H3. The highest BCUT2D eigenvalue weighted by atomic mass is 32.3. The molecule has 0 unspecified atom stereocenters. The molecule has 0 spiro atoms. The van der Waals surface area contributed by atoms with Gasteiger partial charge in [-0.2, -0.15) is 33.7 Å². The van der Waals surface area contributed by atoms with Crippen LogP contribution in [0.4, 0.5) is 0 Å². The van der Waals surface area contributed by atoms with E-state index < -0.39 is 53.4 Å². The fraction of sp³-hybridized carbons (Fsp3) is 1.00. The van der Waals surface area contributed by atoms with E-state index in [1.54, 1.807) is 6.92 Å². The summed E-state index contributed by atoms with van der Waals surface area (Å²) >= 11 is 0. The quantitative estimate of drug-likeness (QED) is 0.309. The van der Waals surface area contributed by atoms with Crippen molar-refractivity contribution in [3.8, 4) is 0 Å². The van der Waals surface area contributed by atoms with Crippen molar-refractivity contribution < 1.29 is 49.3 Å². The molecule has 0 saturated carbocycles. The number of unbranched alkanes of at least 4 members (excludes halogenated alkanes) is 2. The SMILES string of the molecule is CCCOS(=O)(=O)OS(=O)(=O)OCCCCCS(=O)(=O)OS(C)(=O)=O. The maximum Gasteiger partial charge on any atom is 0.416 e. The summed E-state index contributed by atoms with van der Waals surface area (Å²) in [6, 6.07) is 0. The number of rotatable bonds is 14. The van der Waals surface area contributed by atoms with Gasteiger partial charge in [-0.1, -0.05) is 13.3 Å². The van der Waals surface area contributed by atoms with Gasteiger partial charge in [0.25, 0.3) is 20.2 Å². The van der Waals surface area contributed by atoms with Crippen molar-refractivity contribution in [1.82, 2.24) is 0 Å². The van der Waals surface area contributed by atoms with Gasteiger partial charge in [-0.25, -0.2) is 8.37 Å². The predicted octanol–water partition coefficient (Wildman–Crippen LogP) is -0.588. The third-order valence-corrected chi connectivity index (χ3v) is 6.94. The molecule has 0 amide bonds. The molecule has 0 aromatic rings. The first kappa shape index (κ1) is 24.6. The van der Waals surface area contributed by atoms with Crippen LogP contribution in [-0.2, 0) is 56.7 Å². The Hall–Kier alpha value is -0.360. The maximum atomic E-state index is 11.3. The first-order valence-electron chi connectivity index (χ1n) is 6.81. The summed E-state index contributed by atoms with van der Waals surface area (Å²) in [4.78, 5) is 0. The fourth-order valence-corrected chi connectivity index (χ4v) is 5.43. The molecule has 0 radical (unpaired) electrons. The van der Waals surface area contributed by atoms with Crippen LogP contribution in [0.3, 0.4) is 0 Å². The van der Waals surface area contributed by atoms with Crippen LogP contribution in [0.1, 0.15) is 32.6 Å². The Labute approximate surface area is 148 Å². The third kappa shape index (κ3) is 14.5. The summed E-state index contributed by atoms with van der Waals surface area (Å²) in [7, 11) is -18.0. The molecule has 0 aliphatic heterocycles. The van der Waals surface area contributed by atoms with Crippen LogP contribution in [0.2, 0.25) is 0 Å². The molecule has 0 aromatic heterocycles. The fourth-order valence-electron chi connectivity index (χ4n) is 1.27. The third-order valence-electron chi connectivity index (χ3n) is 2.09. The van der Waals surface area contributed by atoms with Crippen LogP contribution in [-0.4, -0.2) is 58.9 Å². The van der Waals surface area contributed by atoms with Gasteiger partial charge in [-0.05, 0) is 19.3 Å². The van der Waals surface area contributed by atoms with Crippen molar-refractivity contribution >= 4 is 41.0 Å². The topological polar surface area (TPSA) is 173 Å². The summed E-state index contributed by atoms with van der Waals surface area (Å²) in [6.45, 7) is 0.863. The average Bonchev–Trinajstić information content (AvgIpc) is 2.36. The lowest BCUT2D eigenvalue weighted by molar-refractivity contribution is 0.236. The van der Waals surface area contributed by atoms with Gasteiger partial charge < -0.3 is 0 Å². The van der Waals surface area contributed by atoms with E-state index >= 15 is 0 Å². The van der Waals surface area contributed by atoms with E-state index in [-0.39, 0.29) is 25.9 Å². The van der Waals surface area contributed by atoms with Gasteiger partial charge in [0.1, 0.15) is 0 Å². The van der Waals surface area contributed by atoms with E-state index in [4.69, 9.17) is 0 Å². The Morgan fingerprint density at radius 1 is 0.680 bits per heavy atom. The minimum Gasteiger partial charge on any atom is -0.247 e. The highest BCUT2D eigenvalue weighted by Crippen LogP contribution is 2.09. The molecule has 0 aromatic carbocycles. The molecule has 25 heavy (non-hydrogen) atoms. The molecule has 0 rings (SSSR count). The van der Waals surface area contributed by atoms with Gasteiger partial charge in [-0.3, -0.25) is 0 Å². The van der Waals surface area contributed by atoms with Crippen LogP contribution in [0.25, 0.3) is 0 Å². The van der Waals surface area contributed by atoms with Crippen LogP contribution < -0.4 is 0 Å². The summed E-state index contributed by atoms with van der Waals surface area (Å²) in [6.07, 6.45) is 1.05. The number of hydrogen-bond acceptors (Lipinski definition) is 12. The van der Waals surface area contributed by atoms with Crippen LogP contribution in [0.15, 0.2) is 0 Å². The summed E-state index contributed by atoms with van der Waals surface area (Å²) in [5.41, 5.74) is 0. The molecule has 12 nitrogen and oxygen atoms in total. The van der Waals surface area contributed by atoms with Crippen molar-refractivity contribution in [1.29, 1.82) is 0 Å². The second-order valence-corrected chi connectivity index (χ2v) is 10.7. The first-order valence-corrected chi connectivity index (χ1v) is 12.9. The molecule has 0 heterocycles. The lowest BCUT2D eigenvalue weighted by atomic mass is 10.3. The maximum absolute atomic E-state index is 11.3. The van der Waals surface area contributed by atoms with Gasteiger partial charge >= 0.3 is 20.8 Å². The van der Waals surface area contributed by atoms with E-state index in [0.29, 0.717) is 12.7 Å². The molecule has 0 atom stereocenters. The molecular weight excluding hydrogens is 428 g/mol. The zero-order valence-corrected chi connectivity index (χ0v) is 16.7. The lowest BCUT2D eigenvalue weighted by Crippen LogP contribution is -2.19. The molecule has 16 heteroatoms. The Bertz CT molecular complexity index is 806. The van der Waals surface area contributed by atoms with Crippen LogP contribution >= 0.6 is 0 Å². The minimum absolute atomic E-state index is 0.0278. The van der Waals surface area contributed by atoms with Crippen molar-refractivity contribution in [3.05, 3.63) is 0 Å². The van der Waals surface area contributed by atoms with Gasteiger partial charge in [-0.15, -0.1) is 7.26 Å². The second kappa shape index (κ2) is 10.1. The second-order valence-electron chi connectivity index (χ2n) is 4.62. The predicted molar refractivity (Wildman–Crippen MR) is 84.7 cm³/mol. The molecule has 0 N–H and O–H groups in total. The van der Waals surface area contributed by atoms with Crippen molar-refractivity contribution in [2.45, 2.75) is 32.6 Å². The highest BCUT2D eigenvalue weighted by Gasteiger charge is 2.24. The Morgan fingerprint density at radius 3 is 1.68 bits per heavy atom. The van der Waals surface area contributed by atoms with E-state index in [1.807, 2.05) is 0 Å². The largest absolute Gasteiger partial charge is 0.416 e. The summed E-state index contributed by atoms with van der Waals surface area (Å²) in [5, 5.41) is 0. The smallest absolute Gasteiger partial charge is 0.247 e. The first-order chi connectivity index (χ1) is 11.2. The molecule has 0 aliphatic carbocycles. The summed E-state index contributed by atoms with van der Waals surface area (Å²) in [5.74, 6) is -0.595. The van der Waals surface area contributed by atoms with Crippen molar-refractivity contribution in [3.63, 3.8) is 0 Å². The molecule has 0 saturated heterocycles. The van der Waals surface area contributed by atoms with Crippen molar-refractivity contribution in [2.75, 3.05) is 25.2 Å². The molecule has 0 aliphatic rings. The Morgan fingerprint density at radius 2 is 1.20 bits per heavy atom. The summed E-state index contributed by atoms with van der Waals surface area (Å²) < 4.78 is 105. The van der Waals surface area contributed by atoms with Crippen LogP contribution in [0, 0.1) is 0 Å². The average molecular weight is 449 g/mol. The minimum atomic E-state index is -4.84. The monoisotopic (exact) mass is 448 g/mol. The molecule has 0 fully saturated rings.